The Hall–Kier alpha value is -3.60. The SMILES string of the molecule is Nc1ccc(CCN(Cc2ccccc2)CC(O)c2ccc(OCc3ccccc3)cc2)cc1. The Morgan fingerprint density at radius 1 is 0.706 bits per heavy atom. The van der Waals surface area contributed by atoms with Crippen molar-refractivity contribution in [3.8, 4) is 5.75 Å². The lowest BCUT2D eigenvalue weighted by atomic mass is 10.1. The molecule has 1 atom stereocenters. The van der Waals surface area contributed by atoms with Gasteiger partial charge in [-0.05, 0) is 52.9 Å². The topological polar surface area (TPSA) is 58.7 Å². The number of nitrogens with two attached hydrogens (primary N) is 1. The van der Waals surface area contributed by atoms with Gasteiger partial charge in [-0.15, -0.1) is 0 Å². The number of nitrogen functional groups attached to an aromatic ring is 1. The Morgan fingerprint density at radius 3 is 1.97 bits per heavy atom. The Bertz CT molecular complexity index is 1110. The molecule has 0 saturated heterocycles. The number of hydrogen-bond donors (Lipinski definition) is 2. The van der Waals surface area contributed by atoms with Crippen LogP contribution < -0.4 is 10.5 Å². The zero-order valence-corrected chi connectivity index (χ0v) is 19.4. The van der Waals surface area contributed by atoms with E-state index in [0.29, 0.717) is 13.2 Å². The first-order chi connectivity index (χ1) is 16.7. The van der Waals surface area contributed by atoms with Crippen molar-refractivity contribution in [3.05, 3.63) is 131 Å². The van der Waals surface area contributed by atoms with E-state index in [1.165, 1.54) is 11.1 Å². The fourth-order valence-electron chi connectivity index (χ4n) is 3.93. The molecule has 0 radical (unpaired) electrons. The van der Waals surface area contributed by atoms with Crippen LogP contribution in [0.25, 0.3) is 0 Å². The molecule has 4 aromatic rings. The summed E-state index contributed by atoms with van der Waals surface area (Å²) in [4.78, 5) is 2.30. The maximum absolute atomic E-state index is 11.0. The average molecular weight is 453 g/mol. The van der Waals surface area contributed by atoms with E-state index in [1.807, 2.05) is 72.8 Å². The van der Waals surface area contributed by atoms with Gasteiger partial charge in [0, 0.05) is 25.3 Å². The van der Waals surface area contributed by atoms with Crippen molar-refractivity contribution in [1.29, 1.82) is 0 Å². The van der Waals surface area contributed by atoms with Crippen molar-refractivity contribution in [3.63, 3.8) is 0 Å². The predicted molar refractivity (Wildman–Crippen MR) is 138 cm³/mol. The smallest absolute Gasteiger partial charge is 0.119 e. The first-order valence-corrected chi connectivity index (χ1v) is 11.7. The quantitative estimate of drug-likeness (QED) is 0.290. The van der Waals surface area contributed by atoms with E-state index in [-0.39, 0.29) is 0 Å². The van der Waals surface area contributed by atoms with Crippen molar-refractivity contribution >= 4 is 5.69 Å². The molecule has 0 aromatic heterocycles. The van der Waals surface area contributed by atoms with E-state index in [0.717, 1.165) is 42.1 Å². The third kappa shape index (κ3) is 7.20. The lowest BCUT2D eigenvalue weighted by Crippen LogP contribution is -2.30. The van der Waals surface area contributed by atoms with Crippen molar-refractivity contribution in [1.82, 2.24) is 4.90 Å². The number of nitrogens with zero attached hydrogens (tertiary/aromatic N) is 1. The van der Waals surface area contributed by atoms with Crippen molar-refractivity contribution < 1.29 is 9.84 Å². The first-order valence-electron chi connectivity index (χ1n) is 11.7. The first kappa shape index (κ1) is 23.6. The van der Waals surface area contributed by atoms with Gasteiger partial charge < -0.3 is 15.6 Å². The summed E-state index contributed by atoms with van der Waals surface area (Å²) in [6, 6.07) is 36.3. The van der Waals surface area contributed by atoms with Gasteiger partial charge in [-0.25, -0.2) is 0 Å². The van der Waals surface area contributed by atoms with E-state index >= 15 is 0 Å². The second-order valence-corrected chi connectivity index (χ2v) is 8.57. The standard InChI is InChI=1S/C30H32N2O2/c31-28-15-11-24(12-16-28)19-20-32(21-25-7-3-1-4-8-25)22-30(33)27-13-17-29(18-14-27)34-23-26-9-5-2-6-10-26/h1-18,30,33H,19-23,31H2. The molecule has 3 N–H and O–H groups in total. The Kier molecular flexibility index (Phi) is 8.33. The number of aliphatic hydroxyl groups is 1. The highest BCUT2D eigenvalue weighted by Crippen LogP contribution is 2.21. The normalized spacial score (nSPS) is 11.9. The third-order valence-electron chi connectivity index (χ3n) is 5.89. The van der Waals surface area contributed by atoms with Crippen LogP contribution in [-0.2, 0) is 19.6 Å². The number of aliphatic hydroxyl groups excluding tert-OH is 1. The second-order valence-electron chi connectivity index (χ2n) is 8.57. The fraction of sp³-hybridized carbons (Fsp3) is 0.200. The maximum Gasteiger partial charge on any atom is 0.119 e. The fourth-order valence-corrected chi connectivity index (χ4v) is 3.93. The van der Waals surface area contributed by atoms with Crippen LogP contribution >= 0.6 is 0 Å². The minimum absolute atomic E-state index is 0.527. The van der Waals surface area contributed by atoms with Crippen LogP contribution in [0.3, 0.4) is 0 Å². The minimum atomic E-state index is -0.585. The van der Waals surface area contributed by atoms with Crippen molar-refractivity contribution in [2.24, 2.45) is 0 Å². The summed E-state index contributed by atoms with van der Waals surface area (Å²) in [5.41, 5.74) is 11.1. The molecular formula is C30H32N2O2. The van der Waals surface area contributed by atoms with Crippen molar-refractivity contribution in [2.45, 2.75) is 25.7 Å². The molecule has 0 saturated carbocycles. The van der Waals surface area contributed by atoms with E-state index in [9.17, 15) is 5.11 Å². The highest BCUT2D eigenvalue weighted by atomic mass is 16.5. The summed E-state index contributed by atoms with van der Waals surface area (Å²) in [7, 11) is 0. The van der Waals surface area contributed by atoms with Gasteiger partial charge in [0.1, 0.15) is 12.4 Å². The summed E-state index contributed by atoms with van der Waals surface area (Å²) in [6.07, 6.45) is 0.310. The summed E-state index contributed by atoms with van der Waals surface area (Å²) < 4.78 is 5.88. The molecule has 174 valence electrons. The lowest BCUT2D eigenvalue weighted by Gasteiger charge is -2.25. The monoisotopic (exact) mass is 452 g/mol. The van der Waals surface area contributed by atoms with Crippen LogP contribution in [0.2, 0.25) is 0 Å². The van der Waals surface area contributed by atoms with Gasteiger partial charge in [-0.3, -0.25) is 4.90 Å². The average Bonchev–Trinajstić information content (AvgIpc) is 2.88. The van der Waals surface area contributed by atoms with E-state index in [4.69, 9.17) is 10.5 Å². The number of ether oxygens (including phenoxy) is 1. The maximum atomic E-state index is 11.0. The number of rotatable bonds is 11. The zero-order chi connectivity index (χ0) is 23.6. The molecule has 0 spiro atoms. The Balaban J connectivity index is 1.37. The summed E-state index contributed by atoms with van der Waals surface area (Å²) >= 11 is 0. The molecule has 1 unspecified atom stereocenters. The van der Waals surface area contributed by atoms with Crippen LogP contribution in [0.1, 0.15) is 28.4 Å². The molecule has 4 heteroatoms. The van der Waals surface area contributed by atoms with E-state index in [1.54, 1.807) is 0 Å². The molecule has 0 heterocycles. The molecule has 0 aliphatic carbocycles. The number of anilines is 1. The van der Waals surface area contributed by atoms with Crippen LogP contribution in [-0.4, -0.2) is 23.1 Å². The highest BCUT2D eigenvalue weighted by molar-refractivity contribution is 5.39. The molecule has 4 aromatic carbocycles. The van der Waals surface area contributed by atoms with E-state index < -0.39 is 6.10 Å². The van der Waals surface area contributed by atoms with Gasteiger partial charge in [0.2, 0.25) is 0 Å². The molecule has 0 bridgehead atoms. The van der Waals surface area contributed by atoms with Gasteiger partial charge in [0.25, 0.3) is 0 Å². The zero-order valence-electron chi connectivity index (χ0n) is 19.4. The lowest BCUT2D eigenvalue weighted by molar-refractivity contribution is 0.109. The molecule has 0 aliphatic rings. The van der Waals surface area contributed by atoms with E-state index in [2.05, 4.69) is 41.3 Å². The van der Waals surface area contributed by atoms with Gasteiger partial charge in [0.15, 0.2) is 0 Å². The summed E-state index contributed by atoms with van der Waals surface area (Å²) in [5, 5.41) is 11.0. The molecule has 0 amide bonds. The Morgan fingerprint density at radius 2 is 1.32 bits per heavy atom. The van der Waals surface area contributed by atoms with Gasteiger partial charge >= 0.3 is 0 Å². The van der Waals surface area contributed by atoms with Gasteiger partial charge in [-0.1, -0.05) is 84.9 Å². The third-order valence-corrected chi connectivity index (χ3v) is 5.89. The molecule has 0 fully saturated rings. The molecule has 4 nitrogen and oxygen atoms in total. The number of benzene rings is 4. The molecular weight excluding hydrogens is 420 g/mol. The molecule has 34 heavy (non-hydrogen) atoms. The van der Waals surface area contributed by atoms with Crippen LogP contribution in [0.5, 0.6) is 5.75 Å². The number of hydrogen-bond acceptors (Lipinski definition) is 4. The molecule has 0 aliphatic heterocycles. The van der Waals surface area contributed by atoms with Crippen LogP contribution in [0.4, 0.5) is 5.69 Å². The van der Waals surface area contributed by atoms with Crippen LogP contribution in [0.15, 0.2) is 109 Å². The minimum Gasteiger partial charge on any atom is -0.489 e. The highest BCUT2D eigenvalue weighted by Gasteiger charge is 2.15. The second kappa shape index (κ2) is 12.0. The van der Waals surface area contributed by atoms with Crippen LogP contribution in [0, 0.1) is 0 Å². The van der Waals surface area contributed by atoms with Gasteiger partial charge in [-0.2, -0.15) is 0 Å². The summed E-state index contributed by atoms with van der Waals surface area (Å²) in [6.45, 7) is 2.70. The summed E-state index contributed by atoms with van der Waals surface area (Å²) in [5.74, 6) is 0.796. The predicted octanol–water partition coefficient (Wildman–Crippen LogP) is 5.63. The van der Waals surface area contributed by atoms with Crippen molar-refractivity contribution in [2.75, 3.05) is 18.8 Å². The molecule has 4 rings (SSSR count). The van der Waals surface area contributed by atoms with Gasteiger partial charge in [0.05, 0.1) is 6.10 Å². The Labute approximate surface area is 202 Å². The largest absolute Gasteiger partial charge is 0.489 e.